The predicted octanol–water partition coefficient (Wildman–Crippen LogP) is 0.00424. The van der Waals surface area contributed by atoms with E-state index < -0.39 is 9.71 Å². The van der Waals surface area contributed by atoms with Crippen LogP contribution in [0.1, 0.15) is 11.6 Å². The zero-order valence-corrected chi connectivity index (χ0v) is 7.68. The summed E-state index contributed by atoms with van der Waals surface area (Å²) in [7, 11) is -2.27. The summed E-state index contributed by atoms with van der Waals surface area (Å²) in [5, 5.41) is 3.95. The summed E-state index contributed by atoms with van der Waals surface area (Å²) in [6.45, 7) is 3.52. The zero-order valence-electron chi connectivity index (χ0n) is 6.87. The highest BCUT2D eigenvalue weighted by molar-refractivity contribution is 7.98. The molecule has 1 heterocycles. The summed E-state index contributed by atoms with van der Waals surface area (Å²) in [4.78, 5) is 4.01. The van der Waals surface area contributed by atoms with Crippen LogP contribution in [0.2, 0.25) is 0 Å². The molecule has 0 aliphatic carbocycles. The van der Waals surface area contributed by atoms with Gasteiger partial charge in [0.15, 0.2) is 0 Å². The lowest BCUT2D eigenvalue weighted by Gasteiger charge is -2.01. The lowest BCUT2D eigenvalue weighted by molar-refractivity contribution is 0.670. The first-order chi connectivity index (χ1) is 4.91. The predicted molar refractivity (Wildman–Crippen MR) is 46.1 cm³/mol. The standard InChI is InChI=1S/C6H11N3OS/c1-5-7-6(2)9(8-5)11(3,4)10/h3H2,1-2,4H3. The first kappa shape index (κ1) is 8.26. The van der Waals surface area contributed by atoms with Gasteiger partial charge in [-0.15, -0.1) is 5.10 Å². The Morgan fingerprint density at radius 1 is 1.55 bits per heavy atom. The van der Waals surface area contributed by atoms with Crippen LogP contribution in [0, 0.1) is 13.8 Å². The Morgan fingerprint density at radius 2 is 2.09 bits per heavy atom. The maximum atomic E-state index is 11.4. The molecule has 0 N–H and O–H groups in total. The molecule has 1 aromatic heterocycles. The van der Waals surface area contributed by atoms with Gasteiger partial charge in [-0.25, -0.2) is 9.19 Å². The average Bonchev–Trinajstić information content (AvgIpc) is 2.08. The minimum atomic E-state index is -2.27. The van der Waals surface area contributed by atoms with Crippen LogP contribution in [0.15, 0.2) is 0 Å². The largest absolute Gasteiger partial charge is 0.246 e. The minimum absolute atomic E-state index is 0.626. The topological polar surface area (TPSA) is 47.8 Å². The van der Waals surface area contributed by atoms with Gasteiger partial charge in [-0.1, -0.05) is 0 Å². The van der Waals surface area contributed by atoms with Crippen LogP contribution in [0.25, 0.3) is 0 Å². The summed E-state index contributed by atoms with van der Waals surface area (Å²) in [6.07, 6.45) is 1.54. The van der Waals surface area contributed by atoms with Crippen molar-refractivity contribution in [2.45, 2.75) is 13.8 Å². The number of hydrogen-bond donors (Lipinski definition) is 0. The summed E-state index contributed by atoms with van der Waals surface area (Å²) in [5.41, 5.74) is 0. The Balaban J connectivity index is 3.36. The van der Waals surface area contributed by atoms with E-state index in [1.165, 1.54) is 10.3 Å². The van der Waals surface area contributed by atoms with Crippen molar-refractivity contribution in [1.82, 2.24) is 14.2 Å². The van der Waals surface area contributed by atoms with Crippen LogP contribution in [0.3, 0.4) is 0 Å². The Hall–Kier alpha value is -0.840. The number of hydrogen-bond acceptors (Lipinski definition) is 3. The first-order valence-corrected chi connectivity index (χ1v) is 5.23. The van der Waals surface area contributed by atoms with E-state index in [1.54, 1.807) is 13.8 Å². The fourth-order valence-corrected chi connectivity index (χ4v) is 1.76. The summed E-state index contributed by atoms with van der Waals surface area (Å²) in [5.74, 6) is 4.77. The van der Waals surface area contributed by atoms with E-state index in [1.807, 2.05) is 0 Å². The number of nitrogens with zero attached hydrogens (tertiary/aromatic N) is 3. The molecular weight excluding hydrogens is 162 g/mol. The van der Waals surface area contributed by atoms with E-state index in [4.69, 9.17) is 0 Å². The van der Waals surface area contributed by atoms with Crippen molar-refractivity contribution in [2.75, 3.05) is 6.26 Å². The molecule has 0 radical (unpaired) electrons. The lowest BCUT2D eigenvalue weighted by Crippen LogP contribution is -2.13. The molecule has 1 aromatic rings. The Morgan fingerprint density at radius 3 is 2.27 bits per heavy atom. The van der Waals surface area contributed by atoms with Crippen molar-refractivity contribution < 1.29 is 4.21 Å². The molecule has 1 atom stereocenters. The highest BCUT2D eigenvalue weighted by Gasteiger charge is 2.06. The van der Waals surface area contributed by atoms with Gasteiger partial charge >= 0.3 is 0 Å². The third kappa shape index (κ3) is 1.59. The second-order valence-electron chi connectivity index (χ2n) is 2.54. The van der Waals surface area contributed by atoms with E-state index in [-0.39, 0.29) is 0 Å². The van der Waals surface area contributed by atoms with Gasteiger partial charge in [0, 0.05) is 6.26 Å². The quantitative estimate of drug-likeness (QED) is 0.562. The molecule has 11 heavy (non-hydrogen) atoms. The first-order valence-electron chi connectivity index (χ1n) is 3.14. The molecule has 0 aliphatic rings. The van der Waals surface area contributed by atoms with Crippen LogP contribution in [0.4, 0.5) is 0 Å². The van der Waals surface area contributed by atoms with Crippen molar-refractivity contribution in [3.63, 3.8) is 0 Å². The Kier molecular flexibility index (Phi) is 1.75. The maximum absolute atomic E-state index is 11.4. The van der Waals surface area contributed by atoms with Gasteiger partial charge in [0.05, 0.1) is 9.71 Å². The normalized spacial score (nSPS) is 16.3. The van der Waals surface area contributed by atoms with Crippen molar-refractivity contribution in [1.29, 1.82) is 0 Å². The monoisotopic (exact) mass is 173 g/mol. The van der Waals surface area contributed by atoms with E-state index in [0.29, 0.717) is 11.6 Å². The van der Waals surface area contributed by atoms with Gasteiger partial charge in [0.1, 0.15) is 11.6 Å². The molecule has 0 aromatic carbocycles. The van der Waals surface area contributed by atoms with E-state index >= 15 is 0 Å². The third-order valence-corrected chi connectivity index (χ3v) is 2.28. The molecule has 1 rings (SSSR count). The maximum Gasteiger partial charge on any atom is 0.149 e. The summed E-state index contributed by atoms with van der Waals surface area (Å²) >= 11 is 0. The molecule has 62 valence electrons. The fraction of sp³-hybridized carbons (Fsp3) is 0.500. The highest BCUT2D eigenvalue weighted by Crippen LogP contribution is 1.98. The van der Waals surface area contributed by atoms with Gasteiger partial charge in [0.25, 0.3) is 0 Å². The molecule has 0 saturated heterocycles. The van der Waals surface area contributed by atoms with E-state index in [0.717, 1.165) is 0 Å². The van der Waals surface area contributed by atoms with Crippen LogP contribution in [-0.2, 0) is 9.71 Å². The minimum Gasteiger partial charge on any atom is -0.246 e. The summed E-state index contributed by atoms with van der Waals surface area (Å²) < 4.78 is 12.7. The SMILES string of the molecule is C=S(C)(=O)n1nc(C)nc1C. The third-order valence-electron chi connectivity index (χ3n) is 1.20. The van der Waals surface area contributed by atoms with Gasteiger partial charge in [-0.3, -0.25) is 0 Å². The van der Waals surface area contributed by atoms with Crippen molar-refractivity contribution in [2.24, 2.45) is 0 Å². The number of rotatable bonds is 1. The molecule has 0 amide bonds. The number of aryl methyl sites for hydroxylation is 2. The Bertz CT molecular complexity index is 363. The van der Waals surface area contributed by atoms with Gasteiger partial charge in [-0.05, 0) is 19.7 Å². The van der Waals surface area contributed by atoms with E-state index in [2.05, 4.69) is 16.0 Å². The van der Waals surface area contributed by atoms with E-state index in [9.17, 15) is 4.21 Å². The average molecular weight is 173 g/mol. The molecule has 0 fully saturated rings. The molecule has 0 bridgehead atoms. The van der Waals surface area contributed by atoms with Crippen LogP contribution in [0.5, 0.6) is 0 Å². The molecule has 5 heteroatoms. The van der Waals surface area contributed by atoms with Crippen molar-refractivity contribution >= 4 is 15.6 Å². The summed E-state index contributed by atoms with van der Waals surface area (Å²) in [6, 6.07) is 0. The Labute approximate surface area is 66.4 Å². The molecule has 4 nitrogen and oxygen atoms in total. The van der Waals surface area contributed by atoms with Crippen LogP contribution < -0.4 is 0 Å². The lowest BCUT2D eigenvalue weighted by atomic mass is 10.7. The molecular formula is C6H11N3OS. The fourth-order valence-electron chi connectivity index (χ4n) is 0.869. The zero-order chi connectivity index (χ0) is 8.65. The van der Waals surface area contributed by atoms with Crippen LogP contribution in [-0.4, -0.2) is 30.5 Å². The number of aromatic nitrogens is 3. The molecule has 0 aliphatic heterocycles. The van der Waals surface area contributed by atoms with Gasteiger partial charge in [-0.2, -0.15) is 4.09 Å². The second-order valence-corrected chi connectivity index (χ2v) is 4.80. The van der Waals surface area contributed by atoms with Crippen LogP contribution >= 0.6 is 0 Å². The van der Waals surface area contributed by atoms with Crippen molar-refractivity contribution in [3.8, 4) is 0 Å². The smallest absolute Gasteiger partial charge is 0.149 e. The second kappa shape index (κ2) is 2.34. The van der Waals surface area contributed by atoms with Gasteiger partial charge < -0.3 is 0 Å². The molecule has 0 saturated carbocycles. The van der Waals surface area contributed by atoms with Gasteiger partial charge in [0.2, 0.25) is 0 Å². The van der Waals surface area contributed by atoms with Crippen molar-refractivity contribution in [3.05, 3.63) is 11.6 Å². The highest BCUT2D eigenvalue weighted by atomic mass is 32.2. The molecule has 1 unspecified atom stereocenters. The molecule has 0 spiro atoms.